The Labute approximate surface area is 123 Å². The Morgan fingerprint density at radius 2 is 2.30 bits per heavy atom. The van der Waals surface area contributed by atoms with E-state index in [-0.39, 0.29) is 5.25 Å². The van der Waals surface area contributed by atoms with E-state index in [2.05, 4.69) is 28.5 Å². The van der Waals surface area contributed by atoms with E-state index in [9.17, 15) is 5.26 Å². The Morgan fingerprint density at radius 3 is 3.00 bits per heavy atom. The smallest absolute Gasteiger partial charge is 0.195 e. The highest BCUT2D eigenvalue weighted by Crippen LogP contribution is 2.27. The molecule has 0 saturated carbocycles. The van der Waals surface area contributed by atoms with Gasteiger partial charge in [-0.2, -0.15) is 5.26 Å². The number of thioether (sulfide) groups is 1. The molecule has 20 heavy (non-hydrogen) atoms. The van der Waals surface area contributed by atoms with Crippen LogP contribution in [-0.2, 0) is 0 Å². The molecule has 2 aromatic heterocycles. The van der Waals surface area contributed by atoms with Crippen molar-refractivity contribution in [3.05, 3.63) is 24.4 Å². The van der Waals surface area contributed by atoms with Gasteiger partial charge in [-0.05, 0) is 32.0 Å². The number of hydrogen-bond acceptors (Lipinski definition) is 5. The third-order valence-electron chi connectivity index (χ3n) is 3.10. The van der Waals surface area contributed by atoms with E-state index < -0.39 is 5.54 Å². The van der Waals surface area contributed by atoms with Crippen LogP contribution in [0.3, 0.4) is 0 Å². The second-order valence-electron chi connectivity index (χ2n) is 5.02. The van der Waals surface area contributed by atoms with Gasteiger partial charge < -0.3 is 0 Å². The highest BCUT2D eigenvalue weighted by atomic mass is 32.2. The van der Waals surface area contributed by atoms with Gasteiger partial charge in [-0.15, -0.1) is 10.2 Å². The molecule has 0 fully saturated rings. The molecule has 0 saturated heterocycles. The number of fused-ring (bicyclic) bond motifs is 1. The van der Waals surface area contributed by atoms with Gasteiger partial charge in [0.2, 0.25) is 0 Å². The van der Waals surface area contributed by atoms with Gasteiger partial charge in [0.1, 0.15) is 5.54 Å². The zero-order valence-electron chi connectivity index (χ0n) is 12.0. The molecule has 0 aliphatic rings. The maximum Gasteiger partial charge on any atom is 0.195 e. The predicted octanol–water partition coefficient (Wildman–Crippen LogP) is 2.49. The number of nitriles is 1. The summed E-state index contributed by atoms with van der Waals surface area (Å²) in [5.41, 5.74) is 0.346. The van der Waals surface area contributed by atoms with E-state index in [1.807, 2.05) is 42.6 Å². The molecule has 0 amide bonds. The van der Waals surface area contributed by atoms with Gasteiger partial charge in [0.15, 0.2) is 10.8 Å². The van der Waals surface area contributed by atoms with Gasteiger partial charge in [0.25, 0.3) is 0 Å². The van der Waals surface area contributed by atoms with Crippen LogP contribution in [0.25, 0.3) is 5.65 Å². The number of hydrogen-bond donors (Lipinski definition) is 1. The van der Waals surface area contributed by atoms with Crippen LogP contribution in [0.5, 0.6) is 0 Å². The van der Waals surface area contributed by atoms with E-state index in [1.165, 1.54) is 0 Å². The maximum absolute atomic E-state index is 9.31. The fraction of sp³-hybridized carbons (Fsp3) is 0.500. The lowest BCUT2D eigenvalue weighted by atomic mass is 9.98. The fourth-order valence-corrected chi connectivity index (χ4v) is 3.38. The van der Waals surface area contributed by atoms with E-state index in [0.717, 1.165) is 23.8 Å². The summed E-state index contributed by atoms with van der Waals surface area (Å²) in [7, 11) is 0. The topological polar surface area (TPSA) is 66.0 Å². The number of rotatable bonds is 6. The summed E-state index contributed by atoms with van der Waals surface area (Å²) in [4.78, 5) is 0. The molecule has 0 bridgehead atoms. The first kappa shape index (κ1) is 14.8. The van der Waals surface area contributed by atoms with Gasteiger partial charge in [-0.25, -0.2) is 0 Å². The lowest BCUT2D eigenvalue weighted by Gasteiger charge is -2.25. The molecule has 2 atom stereocenters. The SMILES string of the molecule is CCNC(C)(C#N)CC(C)Sc1nnc2ccccn12. The number of nitrogens with one attached hydrogen (secondary N) is 1. The summed E-state index contributed by atoms with van der Waals surface area (Å²) in [6.07, 6.45) is 2.71. The summed E-state index contributed by atoms with van der Waals surface area (Å²) in [6, 6.07) is 8.20. The zero-order valence-corrected chi connectivity index (χ0v) is 12.8. The van der Waals surface area contributed by atoms with Gasteiger partial charge in [-0.1, -0.05) is 31.7 Å². The average Bonchev–Trinajstić information content (AvgIpc) is 2.82. The molecule has 5 nitrogen and oxygen atoms in total. The van der Waals surface area contributed by atoms with E-state index >= 15 is 0 Å². The van der Waals surface area contributed by atoms with Crippen LogP contribution in [-0.4, -0.2) is 31.9 Å². The summed E-state index contributed by atoms with van der Waals surface area (Å²) in [6.45, 7) is 6.85. The van der Waals surface area contributed by atoms with E-state index in [1.54, 1.807) is 11.8 Å². The van der Waals surface area contributed by atoms with Gasteiger partial charge in [-0.3, -0.25) is 9.72 Å². The Morgan fingerprint density at radius 1 is 1.50 bits per heavy atom. The van der Waals surface area contributed by atoms with Crippen LogP contribution in [0.1, 0.15) is 27.2 Å². The van der Waals surface area contributed by atoms with Crippen LogP contribution < -0.4 is 5.32 Å². The lowest BCUT2D eigenvalue weighted by Crippen LogP contribution is -2.42. The van der Waals surface area contributed by atoms with Gasteiger partial charge in [0, 0.05) is 11.4 Å². The minimum atomic E-state index is -0.498. The molecule has 2 unspecified atom stereocenters. The number of aromatic nitrogens is 3. The number of nitrogens with zero attached hydrogens (tertiary/aromatic N) is 4. The monoisotopic (exact) mass is 289 g/mol. The van der Waals surface area contributed by atoms with Crippen LogP contribution in [0.4, 0.5) is 0 Å². The minimum Gasteiger partial charge on any atom is -0.300 e. The standard InChI is InChI=1S/C14H19N5S/c1-4-16-14(3,10-15)9-11(2)20-13-18-17-12-7-5-6-8-19(12)13/h5-8,11,16H,4,9H2,1-3H3. The Hall–Kier alpha value is -1.58. The second kappa shape index (κ2) is 6.25. The maximum atomic E-state index is 9.31. The second-order valence-corrected chi connectivity index (χ2v) is 6.42. The van der Waals surface area contributed by atoms with Crippen molar-refractivity contribution in [1.82, 2.24) is 19.9 Å². The van der Waals surface area contributed by atoms with Crippen molar-refractivity contribution in [2.24, 2.45) is 0 Å². The molecule has 6 heteroatoms. The average molecular weight is 289 g/mol. The predicted molar refractivity (Wildman–Crippen MR) is 80.6 cm³/mol. The third kappa shape index (κ3) is 3.30. The normalized spacial score (nSPS) is 15.7. The lowest BCUT2D eigenvalue weighted by molar-refractivity contribution is 0.429. The quantitative estimate of drug-likeness (QED) is 0.828. The Kier molecular flexibility index (Phi) is 4.63. The van der Waals surface area contributed by atoms with Crippen molar-refractivity contribution in [2.75, 3.05) is 6.54 Å². The van der Waals surface area contributed by atoms with Crippen LogP contribution >= 0.6 is 11.8 Å². The first-order valence-electron chi connectivity index (χ1n) is 6.70. The summed E-state index contributed by atoms with van der Waals surface area (Å²) in [5.74, 6) is 0. The molecule has 0 aromatic carbocycles. The van der Waals surface area contributed by atoms with E-state index in [0.29, 0.717) is 0 Å². The largest absolute Gasteiger partial charge is 0.300 e. The first-order chi connectivity index (χ1) is 9.58. The van der Waals surface area contributed by atoms with Crippen molar-refractivity contribution in [2.45, 2.75) is 43.1 Å². The highest BCUT2D eigenvalue weighted by molar-refractivity contribution is 7.99. The molecule has 0 spiro atoms. The molecule has 2 heterocycles. The van der Waals surface area contributed by atoms with Crippen molar-refractivity contribution >= 4 is 17.4 Å². The van der Waals surface area contributed by atoms with Crippen LogP contribution in [0.15, 0.2) is 29.6 Å². The van der Waals surface area contributed by atoms with Crippen molar-refractivity contribution < 1.29 is 0 Å². The molecule has 2 aromatic rings. The Balaban J connectivity index is 2.08. The van der Waals surface area contributed by atoms with Crippen molar-refractivity contribution in [3.8, 4) is 6.07 Å². The summed E-state index contributed by atoms with van der Waals surface area (Å²) < 4.78 is 1.97. The highest BCUT2D eigenvalue weighted by Gasteiger charge is 2.26. The first-order valence-corrected chi connectivity index (χ1v) is 7.58. The molecule has 0 aliphatic carbocycles. The number of pyridine rings is 1. The zero-order chi connectivity index (χ0) is 14.6. The molecule has 0 aliphatic heterocycles. The van der Waals surface area contributed by atoms with Crippen molar-refractivity contribution in [3.63, 3.8) is 0 Å². The van der Waals surface area contributed by atoms with Crippen LogP contribution in [0.2, 0.25) is 0 Å². The molecule has 1 N–H and O–H groups in total. The molecular formula is C14H19N5S. The van der Waals surface area contributed by atoms with Gasteiger partial charge >= 0.3 is 0 Å². The van der Waals surface area contributed by atoms with Gasteiger partial charge in [0.05, 0.1) is 6.07 Å². The molecule has 106 valence electrons. The molecule has 2 rings (SSSR count). The van der Waals surface area contributed by atoms with Crippen LogP contribution in [0, 0.1) is 11.3 Å². The molecular weight excluding hydrogens is 270 g/mol. The minimum absolute atomic E-state index is 0.270. The van der Waals surface area contributed by atoms with Crippen molar-refractivity contribution in [1.29, 1.82) is 5.26 Å². The summed E-state index contributed by atoms with van der Waals surface area (Å²) >= 11 is 1.65. The Bertz CT molecular complexity index is 617. The molecule has 0 radical (unpaired) electrons. The summed E-state index contributed by atoms with van der Waals surface area (Å²) in [5, 5.41) is 22.0. The third-order valence-corrected chi connectivity index (χ3v) is 4.16. The van der Waals surface area contributed by atoms with E-state index in [4.69, 9.17) is 0 Å². The fourth-order valence-electron chi connectivity index (χ4n) is 2.24.